The van der Waals surface area contributed by atoms with Gasteiger partial charge in [0.1, 0.15) is 5.75 Å². The van der Waals surface area contributed by atoms with Crippen LogP contribution in [0.25, 0.3) is 0 Å². The van der Waals surface area contributed by atoms with E-state index in [0.29, 0.717) is 25.9 Å². The lowest BCUT2D eigenvalue weighted by molar-refractivity contribution is -0.121. The fourth-order valence-corrected chi connectivity index (χ4v) is 1.51. The average Bonchev–Trinajstić information content (AvgIpc) is 2.37. The molecule has 19 heavy (non-hydrogen) atoms. The largest absolute Gasteiger partial charge is 0.435 e. The highest BCUT2D eigenvalue weighted by molar-refractivity contribution is 5.76. The van der Waals surface area contributed by atoms with Crippen molar-refractivity contribution in [3.63, 3.8) is 0 Å². The third kappa shape index (κ3) is 6.71. The standard InChI is InChI=1S/C13H18F2N2O2/c14-13(15)19-11-5-2-10(3-6-11)4-7-12(18)17-9-1-8-16/h2-3,5-6,13H,1,4,7-9,16H2,(H,17,18). The number of rotatable bonds is 8. The molecular formula is C13H18F2N2O2. The van der Waals surface area contributed by atoms with E-state index < -0.39 is 6.61 Å². The number of carbonyl (C=O) groups is 1. The van der Waals surface area contributed by atoms with Crippen LogP contribution in [-0.4, -0.2) is 25.6 Å². The number of ether oxygens (including phenoxy) is 1. The molecule has 1 aromatic rings. The van der Waals surface area contributed by atoms with Gasteiger partial charge in [0.25, 0.3) is 0 Å². The first-order chi connectivity index (χ1) is 9.11. The van der Waals surface area contributed by atoms with Gasteiger partial charge in [0.05, 0.1) is 0 Å². The first-order valence-electron chi connectivity index (χ1n) is 6.12. The van der Waals surface area contributed by atoms with Crippen LogP contribution in [0.2, 0.25) is 0 Å². The SMILES string of the molecule is NCCCNC(=O)CCc1ccc(OC(F)F)cc1. The van der Waals surface area contributed by atoms with Crippen molar-refractivity contribution in [1.82, 2.24) is 5.32 Å². The zero-order chi connectivity index (χ0) is 14.1. The highest BCUT2D eigenvalue weighted by Gasteiger charge is 2.05. The summed E-state index contributed by atoms with van der Waals surface area (Å²) < 4.78 is 28.1. The second kappa shape index (κ2) is 8.42. The molecule has 4 nitrogen and oxygen atoms in total. The second-order valence-corrected chi connectivity index (χ2v) is 4.01. The number of alkyl halides is 2. The summed E-state index contributed by atoms with van der Waals surface area (Å²) in [5.74, 6) is 0.0764. The van der Waals surface area contributed by atoms with Gasteiger partial charge in [0, 0.05) is 13.0 Å². The molecule has 1 aromatic carbocycles. The molecule has 0 spiro atoms. The van der Waals surface area contributed by atoms with Crippen LogP contribution < -0.4 is 15.8 Å². The van der Waals surface area contributed by atoms with E-state index in [2.05, 4.69) is 10.1 Å². The number of amides is 1. The zero-order valence-corrected chi connectivity index (χ0v) is 10.6. The Balaban J connectivity index is 2.31. The van der Waals surface area contributed by atoms with Crippen LogP contribution in [0, 0.1) is 0 Å². The third-order valence-electron chi connectivity index (χ3n) is 2.49. The molecule has 0 bridgehead atoms. The maximum Gasteiger partial charge on any atom is 0.387 e. The molecule has 3 N–H and O–H groups in total. The number of hydrogen-bond acceptors (Lipinski definition) is 3. The van der Waals surface area contributed by atoms with Crippen molar-refractivity contribution in [3.8, 4) is 5.75 Å². The van der Waals surface area contributed by atoms with Crippen molar-refractivity contribution in [3.05, 3.63) is 29.8 Å². The Kier molecular flexibility index (Phi) is 6.81. The van der Waals surface area contributed by atoms with E-state index in [1.54, 1.807) is 12.1 Å². The first kappa shape index (κ1) is 15.4. The Morgan fingerprint density at radius 1 is 1.32 bits per heavy atom. The molecule has 1 amide bonds. The van der Waals surface area contributed by atoms with Crippen LogP contribution in [0.4, 0.5) is 8.78 Å². The van der Waals surface area contributed by atoms with Gasteiger partial charge >= 0.3 is 6.61 Å². The predicted molar refractivity (Wildman–Crippen MR) is 68.1 cm³/mol. The topological polar surface area (TPSA) is 64.3 Å². The Hall–Kier alpha value is -1.69. The fourth-order valence-electron chi connectivity index (χ4n) is 1.51. The summed E-state index contributed by atoms with van der Waals surface area (Å²) in [5, 5.41) is 2.75. The smallest absolute Gasteiger partial charge is 0.387 e. The summed E-state index contributed by atoms with van der Waals surface area (Å²) in [7, 11) is 0. The molecule has 0 aliphatic rings. The highest BCUT2D eigenvalue weighted by atomic mass is 19.3. The fraction of sp³-hybridized carbons (Fsp3) is 0.462. The van der Waals surface area contributed by atoms with Gasteiger partial charge < -0.3 is 15.8 Å². The summed E-state index contributed by atoms with van der Waals surface area (Å²) >= 11 is 0. The minimum absolute atomic E-state index is 0.0404. The number of hydrogen-bond donors (Lipinski definition) is 2. The number of nitrogens with two attached hydrogens (primary N) is 1. The van der Waals surface area contributed by atoms with Crippen molar-refractivity contribution in [2.24, 2.45) is 5.73 Å². The van der Waals surface area contributed by atoms with Gasteiger partial charge in [-0.2, -0.15) is 8.78 Å². The van der Waals surface area contributed by atoms with Gasteiger partial charge in [-0.3, -0.25) is 4.79 Å². The van der Waals surface area contributed by atoms with E-state index in [1.807, 2.05) is 0 Å². The molecule has 0 heterocycles. The molecule has 0 aliphatic heterocycles. The summed E-state index contributed by atoms with van der Waals surface area (Å²) in [5.41, 5.74) is 6.21. The van der Waals surface area contributed by atoms with Gasteiger partial charge in [-0.15, -0.1) is 0 Å². The monoisotopic (exact) mass is 272 g/mol. The lowest BCUT2D eigenvalue weighted by Crippen LogP contribution is -2.26. The Bertz CT molecular complexity index is 383. The van der Waals surface area contributed by atoms with Crippen molar-refractivity contribution in [2.45, 2.75) is 25.9 Å². The number of halogens is 2. The highest BCUT2D eigenvalue weighted by Crippen LogP contribution is 2.15. The Morgan fingerprint density at radius 2 is 2.00 bits per heavy atom. The molecule has 0 saturated heterocycles. The van der Waals surface area contributed by atoms with Gasteiger partial charge in [-0.1, -0.05) is 12.1 Å². The van der Waals surface area contributed by atoms with Crippen LogP contribution in [-0.2, 0) is 11.2 Å². The number of nitrogens with one attached hydrogen (secondary N) is 1. The van der Waals surface area contributed by atoms with Crippen molar-refractivity contribution in [2.75, 3.05) is 13.1 Å². The lowest BCUT2D eigenvalue weighted by Gasteiger charge is -2.06. The molecule has 0 radical (unpaired) electrons. The Morgan fingerprint density at radius 3 is 2.58 bits per heavy atom. The molecule has 1 rings (SSSR count). The molecule has 6 heteroatoms. The predicted octanol–water partition coefficient (Wildman–Crippen LogP) is 1.69. The van der Waals surface area contributed by atoms with Crippen LogP contribution in [0.1, 0.15) is 18.4 Å². The maximum atomic E-state index is 11.9. The van der Waals surface area contributed by atoms with Crippen LogP contribution in [0.5, 0.6) is 5.75 Å². The molecule has 0 aliphatic carbocycles. The van der Waals surface area contributed by atoms with Gasteiger partial charge in [-0.25, -0.2) is 0 Å². The van der Waals surface area contributed by atoms with E-state index in [1.165, 1.54) is 12.1 Å². The van der Waals surface area contributed by atoms with Crippen molar-refractivity contribution in [1.29, 1.82) is 0 Å². The molecule has 0 fully saturated rings. The quantitative estimate of drug-likeness (QED) is 0.708. The molecule has 0 unspecified atom stereocenters. The minimum atomic E-state index is -2.82. The summed E-state index contributed by atoms with van der Waals surface area (Å²) in [6, 6.07) is 6.28. The van der Waals surface area contributed by atoms with E-state index in [9.17, 15) is 13.6 Å². The lowest BCUT2D eigenvalue weighted by atomic mass is 10.1. The molecule has 106 valence electrons. The maximum absolute atomic E-state index is 11.9. The van der Waals surface area contributed by atoms with E-state index >= 15 is 0 Å². The number of carbonyl (C=O) groups excluding carboxylic acids is 1. The average molecular weight is 272 g/mol. The molecule has 0 atom stereocenters. The number of aryl methyl sites for hydroxylation is 1. The van der Waals surface area contributed by atoms with E-state index in [0.717, 1.165) is 12.0 Å². The van der Waals surface area contributed by atoms with E-state index in [4.69, 9.17) is 5.73 Å². The van der Waals surface area contributed by atoms with E-state index in [-0.39, 0.29) is 11.7 Å². The summed E-state index contributed by atoms with van der Waals surface area (Å²) in [6.07, 6.45) is 1.68. The van der Waals surface area contributed by atoms with Crippen LogP contribution >= 0.6 is 0 Å². The normalized spacial score (nSPS) is 10.5. The van der Waals surface area contributed by atoms with Gasteiger partial charge in [0.15, 0.2) is 0 Å². The molecule has 0 aromatic heterocycles. The van der Waals surface area contributed by atoms with Crippen LogP contribution in [0.3, 0.4) is 0 Å². The Labute approximate surface area is 110 Å². The van der Waals surface area contributed by atoms with Crippen LogP contribution in [0.15, 0.2) is 24.3 Å². The minimum Gasteiger partial charge on any atom is -0.435 e. The van der Waals surface area contributed by atoms with Crippen molar-refractivity contribution >= 4 is 5.91 Å². The summed E-state index contributed by atoms with van der Waals surface area (Å²) in [4.78, 5) is 11.4. The van der Waals surface area contributed by atoms with Gasteiger partial charge in [-0.05, 0) is 37.1 Å². The van der Waals surface area contributed by atoms with Gasteiger partial charge in [0.2, 0.25) is 5.91 Å². The third-order valence-corrected chi connectivity index (χ3v) is 2.49. The zero-order valence-electron chi connectivity index (χ0n) is 10.6. The molecular weight excluding hydrogens is 254 g/mol. The first-order valence-corrected chi connectivity index (χ1v) is 6.12. The second-order valence-electron chi connectivity index (χ2n) is 4.01. The number of benzene rings is 1. The summed E-state index contributed by atoms with van der Waals surface area (Å²) in [6.45, 7) is -1.69. The molecule has 0 saturated carbocycles. The van der Waals surface area contributed by atoms with Crippen molar-refractivity contribution < 1.29 is 18.3 Å².